The Hall–Kier alpha value is -0.810. The van der Waals surface area contributed by atoms with Crippen molar-refractivity contribution in [2.75, 3.05) is 32.8 Å². The maximum atomic E-state index is 5.92. The molecule has 4 atom stereocenters. The van der Waals surface area contributed by atoms with Gasteiger partial charge >= 0.3 is 0 Å². The number of hydrogen-bond acceptors (Lipinski definition) is 3. The molecule has 138 valence electrons. The van der Waals surface area contributed by atoms with Crippen molar-refractivity contribution in [1.82, 2.24) is 15.5 Å². The summed E-state index contributed by atoms with van der Waals surface area (Å²) in [6.45, 7) is 14.1. The summed E-state index contributed by atoms with van der Waals surface area (Å²) < 4.78 is 5.92. The predicted molar refractivity (Wildman–Crippen MR) is 99.4 cm³/mol. The van der Waals surface area contributed by atoms with E-state index in [1.54, 1.807) is 0 Å². The van der Waals surface area contributed by atoms with E-state index >= 15 is 0 Å². The molecule has 2 heterocycles. The van der Waals surface area contributed by atoms with Gasteiger partial charge in [-0.25, -0.2) is 0 Å². The number of guanidine groups is 1. The van der Waals surface area contributed by atoms with Crippen molar-refractivity contribution in [3.05, 3.63) is 0 Å². The van der Waals surface area contributed by atoms with E-state index in [1.165, 1.54) is 32.2 Å². The van der Waals surface area contributed by atoms with Crippen molar-refractivity contribution in [3.63, 3.8) is 0 Å². The summed E-state index contributed by atoms with van der Waals surface area (Å²) in [5.41, 5.74) is 0.192. The molecule has 24 heavy (non-hydrogen) atoms. The molecule has 0 aromatic carbocycles. The van der Waals surface area contributed by atoms with Crippen LogP contribution in [-0.4, -0.2) is 61.8 Å². The zero-order valence-electron chi connectivity index (χ0n) is 16.0. The number of nitrogens with one attached hydrogen (secondary N) is 2. The largest absolute Gasteiger partial charge is 0.377 e. The van der Waals surface area contributed by atoms with Gasteiger partial charge in [0.25, 0.3) is 0 Å². The zero-order chi connectivity index (χ0) is 17.2. The van der Waals surface area contributed by atoms with Crippen LogP contribution in [0.4, 0.5) is 0 Å². The van der Waals surface area contributed by atoms with Gasteiger partial charge in [0.05, 0.1) is 12.6 Å². The summed E-state index contributed by atoms with van der Waals surface area (Å²) in [6, 6.07) is 1.08. The van der Waals surface area contributed by atoms with E-state index in [-0.39, 0.29) is 5.41 Å². The van der Waals surface area contributed by atoms with Crippen molar-refractivity contribution in [2.24, 2.45) is 16.3 Å². The first-order valence-electron chi connectivity index (χ1n) is 9.98. The Morgan fingerprint density at radius 3 is 2.83 bits per heavy atom. The van der Waals surface area contributed by atoms with Crippen LogP contribution in [0.3, 0.4) is 0 Å². The van der Waals surface area contributed by atoms with Gasteiger partial charge in [-0.1, -0.05) is 27.2 Å². The maximum absolute atomic E-state index is 5.92. The topological polar surface area (TPSA) is 48.9 Å². The van der Waals surface area contributed by atoms with Crippen molar-refractivity contribution in [1.29, 1.82) is 0 Å². The highest BCUT2D eigenvalue weighted by atomic mass is 16.5. The number of rotatable bonds is 5. The van der Waals surface area contributed by atoms with Crippen LogP contribution in [0.5, 0.6) is 0 Å². The van der Waals surface area contributed by atoms with Crippen LogP contribution < -0.4 is 10.6 Å². The molecular formula is C19H36N4O. The average molecular weight is 337 g/mol. The van der Waals surface area contributed by atoms with Gasteiger partial charge in [0, 0.05) is 36.6 Å². The summed E-state index contributed by atoms with van der Waals surface area (Å²) >= 11 is 0. The van der Waals surface area contributed by atoms with Crippen LogP contribution in [0.2, 0.25) is 0 Å². The van der Waals surface area contributed by atoms with Crippen LogP contribution in [0.25, 0.3) is 0 Å². The number of fused-ring (bicyclic) bond motifs is 1. The van der Waals surface area contributed by atoms with Crippen molar-refractivity contribution in [2.45, 2.75) is 71.6 Å². The quantitative estimate of drug-likeness (QED) is 0.597. The number of likely N-dealkylation sites (N-methyl/N-ethyl adjacent to an activating group) is 1. The number of nitrogens with zero attached hydrogens (tertiary/aromatic N) is 2. The molecule has 0 radical (unpaired) electrons. The Bertz CT molecular complexity index is 451. The Labute approximate surface area is 147 Å². The third-order valence-electron chi connectivity index (χ3n) is 6.35. The van der Waals surface area contributed by atoms with Crippen LogP contribution >= 0.6 is 0 Å². The molecule has 2 aliphatic heterocycles. The van der Waals surface area contributed by atoms with E-state index in [9.17, 15) is 0 Å². The van der Waals surface area contributed by atoms with Crippen LogP contribution in [-0.2, 0) is 4.74 Å². The molecule has 2 N–H and O–H groups in total. The van der Waals surface area contributed by atoms with Crippen molar-refractivity contribution < 1.29 is 4.74 Å². The van der Waals surface area contributed by atoms with Gasteiger partial charge in [-0.2, -0.15) is 0 Å². The molecule has 3 aliphatic rings. The van der Waals surface area contributed by atoms with Gasteiger partial charge in [-0.3, -0.25) is 9.89 Å². The van der Waals surface area contributed by atoms with Gasteiger partial charge in [0.15, 0.2) is 5.96 Å². The molecule has 2 saturated heterocycles. The van der Waals surface area contributed by atoms with Gasteiger partial charge in [0.2, 0.25) is 0 Å². The summed E-state index contributed by atoms with van der Waals surface area (Å²) in [4.78, 5) is 7.54. The normalized spacial score (nSPS) is 36.1. The summed E-state index contributed by atoms with van der Waals surface area (Å²) in [6.07, 6.45) is 5.57. The fourth-order valence-corrected chi connectivity index (χ4v) is 4.96. The second kappa shape index (κ2) is 7.61. The molecule has 3 rings (SSSR count). The molecule has 0 spiro atoms. The standard InChI is InChI=1S/C19H36N4O/c1-5-20-18(21-13-14-9-7-8-11-23(14)6-2)22-16-15-10-12-24-17(15)19(16,3)4/h14-17H,5-13H2,1-4H3,(H2,20,21,22). The Balaban J connectivity index is 1.61. The molecule has 4 unspecified atom stereocenters. The lowest BCUT2D eigenvalue weighted by Gasteiger charge is -2.55. The van der Waals surface area contributed by atoms with Gasteiger partial charge in [0.1, 0.15) is 0 Å². The maximum Gasteiger partial charge on any atom is 0.191 e. The molecule has 0 aromatic heterocycles. The first kappa shape index (κ1) is 18.0. The summed E-state index contributed by atoms with van der Waals surface area (Å²) in [5.74, 6) is 1.63. The second-order valence-corrected chi connectivity index (χ2v) is 8.19. The van der Waals surface area contributed by atoms with Gasteiger partial charge in [-0.05, 0) is 39.3 Å². The molecule has 5 heteroatoms. The SMILES string of the molecule is CCNC(=NCC1CCCCN1CC)NC1C2CCOC2C1(C)C. The number of ether oxygens (including phenoxy) is 1. The lowest BCUT2D eigenvalue weighted by molar-refractivity contribution is -0.106. The molecule has 5 nitrogen and oxygen atoms in total. The smallest absolute Gasteiger partial charge is 0.191 e. The molecule has 0 aromatic rings. The number of piperidine rings is 1. The van der Waals surface area contributed by atoms with Gasteiger partial charge < -0.3 is 15.4 Å². The minimum Gasteiger partial charge on any atom is -0.377 e. The first-order valence-corrected chi connectivity index (χ1v) is 9.98. The zero-order valence-corrected chi connectivity index (χ0v) is 16.0. The van der Waals surface area contributed by atoms with E-state index in [4.69, 9.17) is 9.73 Å². The summed E-state index contributed by atoms with van der Waals surface area (Å²) in [5, 5.41) is 7.18. The van der Waals surface area contributed by atoms with Crippen molar-refractivity contribution >= 4 is 5.96 Å². The fourth-order valence-electron chi connectivity index (χ4n) is 4.96. The van der Waals surface area contributed by atoms with E-state index in [2.05, 4.69) is 43.2 Å². The fraction of sp³-hybridized carbons (Fsp3) is 0.947. The van der Waals surface area contributed by atoms with E-state index in [1.807, 2.05) is 0 Å². The average Bonchev–Trinajstić information content (AvgIpc) is 3.04. The molecule has 3 fully saturated rings. The second-order valence-electron chi connectivity index (χ2n) is 8.19. The highest BCUT2D eigenvalue weighted by Crippen LogP contribution is 2.52. The Morgan fingerprint density at radius 1 is 1.25 bits per heavy atom. The third-order valence-corrected chi connectivity index (χ3v) is 6.35. The Kier molecular flexibility index (Phi) is 5.70. The molecule has 1 aliphatic carbocycles. The van der Waals surface area contributed by atoms with Crippen molar-refractivity contribution in [3.8, 4) is 0 Å². The van der Waals surface area contributed by atoms with Crippen LogP contribution in [0.15, 0.2) is 4.99 Å². The van der Waals surface area contributed by atoms with Crippen LogP contribution in [0, 0.1) is 11.3 Å². The minimum absolute atomic E-state index is 0.192. The minimum atomic E-state index is 0.192. The third kappa shape index (κ3) is 3.43. The molecular weight excluding hydrogens is 300 g/mol. The van der Waals surface area contributed by atoms with Gasteiger partial charge in [-0.15, -0.1) is 0 Å². The number of aliphatic imine (C=N–C) groups is 1. The Morgan fingerprint density at radius 2 is 2.08 bits per heavy atom. The van der Waals surface area contributed by atoms with E-state index in [0.717, 1.165) is 32.2 Å². The van der Waals surface area contributed by atoms with E-state index < -0.39 is 0 Å². The predicted octanol–water partition coefficient (Wildman–Crippen LogP) is 2.23. The molecule has 1 saturated carbocycles. The lowest BCUT2D eigenvalue weighted by atomic mass is 9.57. The summed E-state index contributed by atoms with van der Waals surface area (Å²) in [7, 11) is 0. The van der Waals surface area contributed by atoms with E-state index in [0.29, 0.717) is 24.1 Å². The van der Waals surface area contributed by atoms with Crippen LogP contribution in [0.1, 0.15) is 53.4 Å². The highest BCUT2D eigenvalue weighted by molar-refractivity contribution is 5.80. The monoisotopic (exact) mass is 336 g/mol. The molecule has 0 amide bonds. The highest BCUT2D eigenvalue weighted by Gasteiger charge is 2.59. The lowest BCUT2D eigenvalue weighted by Crippen LogP contribution is -2.68. The first-order chi connectivity index (χ1) is 11.6. The molecule has 0 bridgehead atoms. The number of hydrogen-bond donors (Lipinski definition) is 2. The number of likely N-dealkylation sites (tertiary alicyclic amines) is 1.